The molecule has 1 N–H and O–H groups in total. The van der Waals surface area contributed by atoms with E-state index in [1.807, 2.05) is 24.4 Å². The lowest BCUT2D eigenvalue weighted by Gasteiger charge is -2.26. The van der Waals surface area contributed by atoms with Crippen LogP contribution in [0.3, 0.4) is 0 Å². The van der Waals surface area contributed by atoms with Gasteiger partial charge >= 0.3 is 0 Å². The Hall–Kier alpha value is -1.65. The topological polar surface area (TPSA) is 49.5 Å². The van der Waals surface area contributed by atoms with Crippen LogP contribution < -0.4 is 0 Å². The summed E-state index contributed by atoms with van der Waals surface area (Å²) in [6.45, 7) is 4.05. The SMILES string of the molecule is Cc1ncccc1CN1CCCC1CC(O)c1ccco1. The fourth-order valence-corrected chi connectivity index (χ4v) is 3.13. The molecule has 2 atom stereocenters. The van der Waals surface area contributed by atoms with Crippen LogP contribution in [0.25, 0.3) is 0 Å². The van der Waals surface area contributed by atoms with E-state index in [0.717, 1.165) is 31.6 Å². The lowest BCUT2D eigenvalue weighted by molar-refractivity contribution is 0.0994. The molecule has 0 amide bonds. The number of likely N-dealkylation sites (tertiary alicyclic amines) is 1. The number of furan rings is 1. The van der Waals surface area contributed by atoms with Gasteiger partial charge in [-0.25, -0.2) is 0 Å². The molecule has 3 rings (SSSR count). The van der Waals surface area contributed by atoms with Crippen LogP contribution in [-0.4, -0.2) is 27.6 Å². The van der Waals surface area contributed by atoms with Crippen molar-refractivity contribution in [3.63, 3.8) is 0 Å². The van der Waals surface area contributed by atoms with Gasteiger partial charge in [-0.05, 0) is 56.5 Å². The summed E-state index contributed by atoms with van der Waals surface area (Å²) in [4.78, 5) is 6.81. The molecule has 2 aromatic heterocycles. The molecule has 2 aromatic rings. The van der Waals surface area contributed by atoms with Crippen LogP contribution in [0, 0.1) is 6.92 Å². The van der Waals surface area contributed by atoms with E-state index in [0.29, 0.717) is 11.8 Å². The van der Waals surface area contributed by atoms with Gasteiger partial charge in [-0.1, -0.05) is 6.07 Å². The zero-order chi connectivity index (χ0) is 14.7. The molecule has 1 aliphatic heterocycles. The summed E-state index contributed by atoms with van der Waals surface area (Å²) in [6, 6.07) is 8.20. The number of aryl methyl sites for hydroxylation is 1. The molecule has 0 aliphatic carbocycles. The number of hydrogen-bond acceptors (Lipinski definition) is 4. The van der Waals surface area contributed by atoms with Crippen LogP contribution >= 0.6 is 0 Å². The van der Waals surface area contributed by atoms with Gasteiger partial charge in [0.05, 0.1) is 6.26 Å². The van der Waals surface area contributed by atoms with Gasteiger partial charge in [0, 0.05) is 24.5 Å². The minimum absolute atomic E-state index is 0.407. The number of pyridine rings is 1. The highest BCUT2D eigenvalue weighted by molar-refractivity contribution is 5.18. The van der Waals surface area contributed by atoms with Crippen molar-refractivity contribution < 1.29 is 9.52 Å². The van der Waals surface area contributed by atoms with Crippen molar-refractivity contribution in [1.82, 2.24) is 9.88 Å². The van der Waals surface area contributed by atoms with Crippen molar-refractivity contribution in [1.29, 1.82) is 0 Å². The standard InChI is InChI=1S/C17H22N2O2/c1-13-14(5-2-8-18-13)12-19-9-3-6-15(19)11-16(20)17-7-4-10-21-17/h2,4-5,7-8,10,15-16,20H,3,6,9,11-12H2,1H3. The Kier molecular flexibility index (Phi) is 4.36. The van der Waals surface area contributed by atoms with Crippen molar-refractivity contribution in [2.75, 3.05) is 6.54 Å². The molecule has 4 heteroatoms. The maximum absolute atomic E-state index is 10.3. The van der Waals surface area contributed by atoms with Gasteiger partial charge in [-0.2, -0.15) is 0 Å². The molecule has 1 fully saturated rings. The molecular formula is C17H22N2O2. The van der Waals surface area contributed by atoms with Crippen LogP contribution in [0.4, 0.5) is 0 Å². The minimum Gasteiger partial charge on any atom is -0.467 e. The zero-order valence-corrected chi connectivity index (χ0v) is 12.4. The Morgan fingerprint density at radius 2 is 2.33 bits per heavy atom. The van der Waals surface area contributed by atoms with Crippen LogP contribution in [0.15, 0.2) is 41.1 Å². The third kappa shape index (κ3) is 3.34. The summed E-state index contributed by atoms with van der Waals surface area (Å²) < 4.78 is 5.30. The third-order valence-corrected chi connectivity index (χ3v) is 4.36. The Labute approximate surface area is 125 Å². The van der Waals surface area contributed by atoms with Gasteiger partial charge in [0.15, 0.2) is 0 Å². The molecule has 21 heavy (non-hydrogen) atoms. The van der Waals surface area contributed by atoms with Crippen LogP contribution in [0.2, 0.25) is 0 Å². The summed E-state index contributed by atoms with van der Waals surface area (Å²) in [5.74, 6) is 0.666. The summed E-state index contributed by atoms with van der Waals surface area (Å²) >= 11 is 0. The molecule has 112 valence electrons. The van der Waals surface area contributed by atoms with Gasteiger partial charge in [0.1, 0.15) is 11.9 Å². The Morgan fingerprint density at radius 3 is 3.10 bits per heavy atom. The summed E-state index contributed by atoms with van der Waals surface area (Å²) in [6.07, 6.45) is 5.99. The molecule has 3 heterocycles. The molecule has 0 saturated carbocycles. The zero-order valence-electron chi connectivity index (χ0n) is 12.4. The maximum Gasteiger partial charge on any atom is 0.132 e. The van der Waals surface area contributed by atoms with Crippen LogP contribution in [-0.2, 0) is 6.54 Å². The first-order valence-corrected chi connectivity index (χ1v) is 7.60. The lowest BCUT2D eigenvalue weighted by atomic mass is 10.0. The fraction of sp³-hybridized carbons (Fsp3) is 0.471. The first-order chi connectivity index (χ1) is 10.2. The first-order valence-electron chi connectivity index (χ1n) is 7.60. The molecular weight excluding hydrogens is 264 g/mol. The number of rotatable bonds is 5. The van der Waals surface area contributed by atoms with Crippen LogP contribution in [0.1, 0.15) is 42.4 Å². The van der Waals surface area contributed by atoms with E-state index in [-0.39, 0.29) is 0 Å². The number of aliphatic hydroxyl groups excluding tert-OH is 1. The van der Waals surface area contributed by atoms with Crippen LogP contribution in [0.5, 0.6) is 0 Å². The molecule has 0 radical (unpaired) electrons. The van der Waals surface area contributed by atoms with Gasteiger partial charge < -0.3 is 9.52 Å². The van der Waals surface area contributed by atoms with E-state index in [1.54, 1.807) is 6.26 Å². The second-order valence-electron chi connectivity index (χ2n) is 5.78. The highest BCUT2D eigenvalue weighted by Gasteiger charge is 2.28. The second-order valence-corrected chi connectivity index (χ2v) is 5.78. The molecule has 4 nitrogen and oxygen atoms in total. The van der Waals surface area contributed by atoms with Gasteiger partial charge in [0.25, 0.3) is 0 Å². The number of nitrogens with zero attached hydrogens (tertiary/aromatic N) is 2. The normalized spacial score (nSPS) is 20.8. The van der Waals surface area contributed by atoms with Crippen molar-refractivity contribution in [3.05, 3.63) is 53.7 Å². The Morgan fingerprint density at radius 1 is 1.43 bits per heavy atom. The van der Waals surface area contributed by atoms with Gasteiger partial charge in [-0.15, -0.1) is 0 Å². The average Bonchev–Trinajstić information content (AvgIpc) is 3.13. The van der Waals surface area contributed by atoms with E-state index < -0.39 is 6.10 Å². The predicted octanol–water partition coefficient (Wildman–Crippen LogP) is 3.07. The van der Waals surface area contributed by atoms with E-state index in [4.69, 9.17) is 4.42 Å². The van der Waals surface area contributed by atoms with Crippen molar-refractivity contribution in [2.45, 2.75) is 44.9 Å². The van der Waals surface area contributed by atoms with E-state index >= 15 is 0 Å². The highest BCUT2D eigenvalue weighted by Crippen LogP contribution is 2.29. The molecule has 1 saturated heterocycles. The first kappa shape index (κ1) is 14.3. The van der Waals surface area contributed by atoms with Crippen molar-refractivity contribution in [3.8, 4) is 0 Å². The fourth-order valence-electron chi connectivity index (χ4n) is 3.13. The number of aromatic nitrogens is 1. The lowest BCUT2D eigenvalue weighted by Crippen LogP contribution is -2.30. The average molecular weight is 286 g/mol. The van der Waals surface area contributed by atoms with E-state index in [2.05, 4.69) is 22.9 Å². The quantitative estimate of drug-likeness (QED) is 0.917. The monoisotopic (exact) mass is 286 g/mol. The van der Waals surface area contributed by atoms with E-state index in [1.165, 1.54) is 12.0 Å². The van der Waals surface area contributed by atoms with Gasteiger partial charge in [-0.3, -0.25) is 9.88 Å². The minimum atomic E-state index is -0.513. The number of aliphatic hydroxyl groups is 1. The Bertz CT molecular complexity index is 568. The molecule has 0 spiro atoms. The number of hydrogen-bond donors (Lipinski definition) is 1. The summed E-state index contributed by atoms with van der Waals surface area (Å²) in [5.41, 5.74) is 2.37. The maximum atomic E-state index is 10.3. The third-order valence-electron chi connectivity index (χ3n) is 4.36. The summed E-state index contributed by atoms with van der Waals surface area (Å²) in [7, 11) is 0. The van der Waals surface area contributed by atoms with Gasteiger partial charge in [0.2, 0.25) is 0 Å². The molecule has 1 aliphatic rings. The van der Waals surface area contributed by atoms with Crippen molar-refractivity contribution >= 4 is 0 Å². The predicted molar refractivity (Wildman–Crippen MR) is 80.7 cm³/mol. The largest absolute Gasteiger partial charge is 0.467 e. The smallest absolute Gasteiger partial charge is 0.132 e. The van der Waals surface area contributed by atoms with E-state index in [9.17, 15) is 5.11 Å². The van der Waals surface area contributed by atoms with Crippen molar-refractivity contribution in [2.24, 2.45) is 0 Å². The second kappa shape index (κ2) is 6.41. The summed E-state index contributed by atoms with van der Waals surface area (Å²) in [5, 5.41) is 10.3. The molecule has 2 unspecified atom stereocenters. The molecule has 0 aromatic carbocycles. The highest BCUT2D eigenvalue weighted by atomic mass is 16.4. The molecule has 0 bridgehead atoms. The Balaban J connectivity index is 1.64.